The average Bonchev–Trinajstić information content (AvgIpc) is 2.90. The molecular formula is C15H22N4O2. The van der Waals surface area contributed by atoms with Gasteiger partial charge in [-0.2, -0.15) is 0 Å². The number of amides is 2. The number of hydrogen-bond acceptors (Lipinski definition) is 4. The summed E-state index contributed by atoms with van der Waals surface area (Å²) in [6.45, 7) is 2.90. The third-order valence-electron chi connectivity index (χ3n) is 3.82. The van der Waals surface area contributed by atoms with E-state index in [1.807, 2.05) is 24.0 Å². The third-order valence-corrected chi connectivity index (χ3v) is 3.82. The van der Waals surface area contributed by atoms with Crippen molar-refractivity contribution < 1.29 is 9.59 Å². The van der Waals surface area contributed by atoms with E-state index < -0.39 is 0 Å². The van der Waals surface area contributed by atoms with Crippen LogP contribution in [0.25, 0.3) is 0 Å². The van der Waals surface area contributed by atoms with Gasteiger partial charge in [0.05, 0.1) is 12.6 Å². The van der Waals surface area contributed by atoms with Crippen LogP contribution in [0.1, 0.15) is 18.4 Å². The number of likely N-dealkylation sites (tertiary alicyclic amines) is 1. The summed E-state index contributed by atoms with van der Waals surface area (Å²) in [5, 5.41) is 5.47. The lowest BCUT2D eigenvalue weighted by atomic mass is 10.2. The van der Waals surface area contributed by atoms with Gasteiger partial charge in [-0.1, -0.05) is 6.07 Å². The number of nitrogens with zero attached hydrogens (tertiary/aromatic N) is 1. The molecule has 1 saturated heterocycles. The molecule has 1 aliphatic rings. The molecule has 1 aromatic carbocycles. The highest BCUT2D eigenvalue weighted by Gasteiger charge is 2.31. The third kappa shape index (κ3) is 3.72. The number of nitrogens with two attached hydrogens (primary N) is 1. The van der Waals surface area contributed by atoms with Gasteiger partial charge in [-0.05, 0) is 44.0 Å². The van der Waals surface area contributed by atoms with Crippen molar-refractivity contribution in [3.8, 4) is 0 Å². The first-order chi connectivity index (χ1) is 10.0. The smallest absolute Gasteiger partial charge is 0.238 e. The zero-order valence-corrected chi connectivity index (χ0v) is 12.5. The van der Waals surface area contributed by atoms with Crippen molar-refractivity contribution in [3.63, 3.8) is 0 Å². The van der Waals surface area contributed by atoms with Gasteiger partial charge in [-0.25, -0.2) is 0 Å². The molecule has 1 aliphatic heterocycles. The van der Waals surface area contributed by atoms with Crippen molar-refractivity contribution in [2.75, 3.05) is 31.2 Å². The summed E-state index contributed by atoms with van der Waals surface area (Å²) < 4.78 is 0. The molecule has 4 N–H and O–H groups in total. The number of likely N-dealkylation sites (N-methyl/N-ethyl adjacent to an activating group) is 1. The summed E-state index contributed by atoms with van der Waals surface area (Å²) >= 11 is 0. The maximum Gasteiger partial charge on any atom is 0.238 e. The van der Waals surface area contributed by atoms with E-state index in [1.165, 1.54) is 0 Å². The van der Waals surface area contributed by atoms with Crippen molar-refractivity contribution in [2.45, 2.75) is 25.8 Å². The number of benzene rings is 1. The van der Waals surface area contributed by atoms with Gasteiger partial charge in [0.15, 0.2) is 0 Å². The zero-order chi connectivity index (χ0) is 15.4. The largest absolute Gasteiger partial charge is 0.398 e. The van der Waals surface area contributed by atoms with Crippen molar-refractivity contribution in [3.05, 3.63) is 23.8 Å². The lowest BCUT2D eigenvalue weighted by Crippen LogP contribution is -2.45. The van der Waals surface area contributed by atoms with E-state index >= 15 is 0 Å². The van der Waals surface area contributed by atoms with Crippen LogP contribution in [0.15, 0.2) is 18.2 Å². The van der Waals surface area contributed by atoms with Gasteiger partial charge in [0.1, 0.15) is 0 Å². The van der Waals surface area contributed by atoms with Crippen LogP contribution in [-0.4, -0.2) is 42.9 Å². The molecule has 2 amide bonds. The second kappa shape index (κ2) is 6.58. The maximum absolute atomic E-state index is 12.1. The Morgan fingerprint density at radius 2 is 2.19 bits per heavy atom. The van der Waals surface area contributed by atoms with E-state index in [9.17, 15) is 9.59 Å². The van der Waals surface area contributed by atoms with E-state index in [4.69, 9.17) is 5.73 Å². The minimum atomic E-state index is -0.205. The fourth-order valence-electron chi connectivity index (χ4n) is 2.58. The summed E-state index contributed by atoms with van der Waals surface area (Å²) in [5.41, 5.74) is 8.13. The Morgan fingerprint density at radius 1 is 1.43 bits per heavy atom. The summed E-state index contributed by atoms with van der Waals surface area (Å²) in [7, 11) is 1.62. The Balaban J connectivity index is 1.95. The van der Waals surface area contributed by atoms with Gasteiger partial charge in [0.25, 0.3) is 0 Å². The van der Waals surface area contributed by atoms with Gasteiger partial charge in [0, 0.05) is 18.4 Å². The van der Waals surface area contributed by atoms with Gasteiger partial charge < -0.3 is 16.4 Å². The molecule has 6 heteroatoms. The molecule has 2 rings (SSSR count). The molecule has 1 aromatic rings. The van der Waals surface area contributed by atoms with Gasteiger partial charge >= 0.3 is 0 Å². The molecule has 21 heavy (non-hydrogen) atoms. The van der Waals surface area contributed by atoms with E-state index in [0.29, 0.717) is 11.4 Å². The number of rotatable bonds is 4. The van der Waals surface area contributed by atoms with Crippen molar-refractivity contribution in [1.82, 2.24) is 10.2 Å². The van der Waals surface area contributed by atoms with Gasteiger partial charge in [-0.15, -0.1) is 0 Å². The predicted octanol–water partition coefficient (Wildman–Crippen LogP) is 0.726. The maximum atomic E-state index is 12.1. The molecule has 0 radical (unpaired) electrons. The van der Waals surface area contributed by atoms with Crippen LogP contribution >= 0.6 is 0 Å². The molecule has 6 nitrogen and oxygen atoms in total. The number of hydrogen-bond donors (Lipinski definition) is 3. The molecule has 1 atom stereocenters. The SMILES string of the molecule is CNC(=O)C1CCCN1CC(=O)Nc1ccc(C)c(N)c1. The second-order valence-electron chi connectivity index (χ2n) is 5.36. The average molecular weight is 290 g/mol. The molecule has 1 heterocycles. The van der Waals surface area contributed by atoms with Crippen LogP contribution in [0.3, 0.4) is 0 Å². The Bertz CT molecular complexity index is 544. The Morgan fingerprint density at radius 3 is 2.86 bits per heavy atom. The number of carbonyl (C=O) groups is 2. The van der Waals surface area contributed by atoms with Crippen molar-refractivity contribution in [1.29, 1.82) is 0 Å². The Kier molecular flexibility index (Phi) is 4.80. The normalized spacial score (nSPS) is 18.5. The molecule has 0 aromatic heterocycles. The minimum Gasteiger partial charge on any atom is -0.398 e. The van der Waals surface area contributed by atoms with Crippen molar-refractivity contribution in [2.24, 2.45) is 0 Å². The van der Waals surface area contributed by atoms with Crippen LogP contribution < -0.4 is 16.4 Å². The lowest BCUT2D eigenvalue weighted by Gasteiger charge is -2.22. The molecular weight excluding hydrogens is 268 g/mol. The van der Waals surface area contributed by atoms with E-state index in [-0.39, 0.29) is 24.4 Å². The summed E-state index contributed by atoms with van der Waals surface area (Å²) in [6.07, 6.45) is 1.73. The van der Waals surface area contributed by atoms with E-state index in [0.717, 1.165) is 24.9 Å². The topological polar surface area (TPSA) is 87.5 Å². The highest BCUT2D eigenvalue weighted by molar-refractivity contribution is 5.93. The lowest BCUT2D eigenvalue weighted by molar-refractivity contribution is -0.126. The molecule has 0 spiro atoms. The number of anilines is 2. The molecule has 0 saturated carbocycles. The number of carbonyl (C=O) groups excluding carboxylic acids is 2. The molecule has 1 fully saturated rings. The minimum absolute atomic E-state index is 0.0279. The summed E-state index contributed by atoms with van der Waals surface area (Å²) in [4.78, 5) is 25.7. The second-order valence-corrected chi connectivity index (χ2v) is 5.36. The zero-order valence-electron chi connectivity index (χ0n) is 12.5. The fraction of sp³-hybridized carbons (Fsp3) is 0.467. The first-order valence-corrected chi connectivity index (χ1v) is 7.13. The number of nitrogens with one attached hydrogen (secondary N) is 2. The van der Waals surface area contributed by atoms with E-state index in [1.54, 1.807) is 13.1 Å². The van der Waals surface area contributed by atoms with E-state index in [2.05, 4.69) is 10.6 Å². The highest BCUT2D eigenvalue weighted by Crippen LogP contribution is 2.19. The van der Waals surface area contributed by atoms with Gasteiger partial charge in [0.2, 0.25) is 11.8 Å². The molecule has 0 bridgehead atoms. The monoisotopic (exact) mass is 290 g/mol. The standard InChI is InChI=1S/C15H22N4O2/c1-10-5-6-11(8-12(10)16)18-14(20)9-19-7-3-4-13(19)15(21)17-2/h5-6,8,13H,3-4,7,9,16H2,1-2H3,(H,17,21)(H,18,20). The highest BCUT2D eigenvalue weighted by atomic mass is 16.2. The molecule has 1 unspecified atom stereocenters. The number of aryl methyl sites for hydroxylation is 1. The Hall–Kier alpha value is -2.08. The predicted molar refractivity (Wildman–Crippen MR) is 82.9 cm³/mol. The van der Waals surface area contributed by atoms with Crippen molar-refractivity contribution >= 4 is 23.2 Å². The van der Waals surface area contributed by atoms with Crippen LogP contribution in [0.2, 0.25) is 0 Å². The first-order valence-electron chi connectivity index (χ1n) is 7.13. The van der Waals surface area contributed by atoms with Crippen LogP contribution in [0, 0.1) is 6.92 Å². The fourth-order valence-corrected chi connectivity index (χ4v) is 2.58. The Labute approximate surface area is 124 Å². The molecule has 114 valence electrons. The first kappa shape index (κ1) is 15.3. The quantitative estimate of drug-likeness (QED) is 0.713. The van der Waals surface area contributed by atoms with Crippen LogP contribution in [0.4, 0.5) is 11.4 Å². The van der Waals surface area contributed by atoms with Gasteiger partial charge in [-0.3, -0.25) is 14.5 Å². The number of nitrogen functional groups attached to an aromatic ring is 1. The summed E-state index contributed by atoms with van der Waals surface area (Å²) in [5.74, 6) is -0.158. The summed E-state index contributed by atoms with van der Waals surface area (Å²) in [6, 6.07) is 5.23. The van der Waals surface area contributed by atoms with Crippen LogP contribution in [0.5, 0.6) is 0 Å². The molecule has 0 aliphatic carbocycles. The van der Waals surface area contributed by atoms with Crippen LogP contribution in [-0.2, 0) is 9.59 Å².